The summed E-state index contributed by atoms with van der Waals surface area (Å²) in [7, 11) is 3.63. The van der Waals surface area contributed by atoms with Gasteiger partial charge in [-0.25, -0.2) is 9.97 Å². The summed E-state index contributed by atoms with van der Waals surface area (Å²) < 4.78 is 5.47. The molecule has 0 radical (unpaired) electrons. The number of para-hydroxylation sites is 1. The lowest BCUT2D eigenvalue weighted by Crippen LogP contribution is -2.42. The minimum Gasteiger partial charge on any atom is -0.496 e. The number of piperidine rings is 1. The molecule has 1 fully saturated rings. The summed E-state index contributed by atoms with van der Waals surface area (Å²) in [6.45, 7) is 4.00. The maximum atomic E-state index is 12.5. The van der Waals surface area contributed by atoms with Gasteiger partial charge in [0.15, 0.2) is 5.16 Å². The van der Waals surface area contributed by atoms with Crippen LogP contribution in [0.5, 0.6) is 5.75 Å². The molecule has 6 nitrogen and oxygen atoms in total. The van der Waals surface area contributed by atoms with Gasteiger partial charge in [-0.2, -0.15) is 0 Å². The van der Waals surface area contributed by atoms with Crippen molar-refractivity contribution in [3.63, 3.8) is 0 Å². The lowest BCUT2D eigenvalue weighted by atomic mass is 9.97. The molecule has 29 heavy (non-hydrogen) atoms. The normalized spacial score (nSPS) is 17.1. The molecule has 0 unspecified atom stereocenters. The van der Waals surface area contributed by atoms with Gasteiger partial charge in [-0.3, -0.25) is 4.79 Å². The van der Waals surface area contributed by atoms with Crippen LogP contribution in [-0.2, 0) is 11.2 Å². The van der Waals surface area contributed by atoms with E-state index in [4.69, 9.17) is 4.74 Å². The molecule has 0 aliphatic carbocycles. The summed E-state index contributed by atoms with van der Waals surface area (Å²) >= 11 is 1.39. The molecule has 1 aliphatic heterocycles. The smallest absolute Gasteiger partial charge is 0.232 e. The van der Waals surface area contributed by atoms with E-state index >= 15 is 0 Å². The third-order valence-corrected chi connectivity index (χ3v) is 6.18. The summed E-state index contributed by atoms with van der Waals surface area (Å²) in [5.74, 6) is 2.00. The molecule has 1 amide bonds. The number of nitrogens with zero attached hydrogens (tertiary/aromatic N) is 4. The number of amides is 1. The van der Waals surface area contributed by atoms with Crippen LogP contribution in [0.25, 0.3) is 0 Å². The van der Waals surface area contributed by atoms with Crippen molar-refractivity contribution in [2.24, 2.45) is 5.92 Å². The van der Waals surface area contributed by atoms with Crippen molar-refractivity contribution in [3.05, 3.63) is 48.3 Å². The molecule has 1 aliphatic rings. The largest absolute Gasteiger partial charge is 0.496 e. The van der Waals surface area contributed by atoms with Crippen molar-refractivity contribution < 1.29 is 9.53 Å². The number of aromatic nitrogens is 2. The van der Waals surface area contributed by atoms with Gasteiger partial charge in [0.05, 0.1) is 12.9 Å². The third-order valence-electron chi connectivity index (χ3n) is 5.32. The average molecular weight is 415 g/mol. The summed E-state index contributed by atoms with van der Waals surface area (Å²) in [6.07, 6.45) is 6.75. The molecule has 1 aromatic heterocycles. The average Bonchev–Trinajstić information content (AvgIpc) is 2.77. The SMILES string of the molecule is COc1ccccc1CCN1CCC[C@@H](CN(C)C(=O)CSc2ncccn2)C1. The maximum absolute atomic E-state index is 12.5. The molecule has 7 heteroatoms. The zero-order valence-corrected chi connectivity index (χ0v) is 18.1. The highest BCUT2D eigenvalue weighted by molar-refractivity contribution is 7.99. The van der Waals surface area contributed by atoms with Gasteiger partial charge in [-0.05, 0) is 49.4 Å². The Morgan fingerprint density at radius 3 is 2.86 bits per heavy atom. The van der Waals surface area contributed by atoms with E-state index in [9.17, 15) is 4.79 Å². The fraction of sp³-hybridized carbons (Fsp3) is 0.500. The zero-order valence-electron chi connectivity index (χ0n) is 17.3. The number of likely N-dealkylation sites (tertiary alicyclic amines) is 1. The second-order valence-corrected chi connectivity index (χ2v) is 8.41. The van der Waals surface area contributed by atoms with Gasteiger partial charge in [-0.15, -0.1) is 0 Å². The Hall–Kier alpha value is -2.12. The van der Waals surface area contributed by atoms with Crippen molar-refractivity contribution in [3.8, 4) is 5.75 Å². The molecule has 0 saturated carbocycles. The number of hydrogen-bond acceptors (Lipinski definition) is 6. The molecular weight excluding hydrogens is 384 g/mol. The van der Waals surface area contributed by atoms with Crippen LogP contribution in [0.1, 0.15) is 18.4 Å². The van der Waals surface area contributed by atoms with Gasteiger partial charge in [0.1, 0.15) is 5.75 Å². The van der Waals surface area contributed by atoms with Crippen LogP contribution >= 0.6 is 11.8 Å². The van der Waals surface area contributed by atoms with Crippen molar-refractivity contribution in [1.82, 2.24) is 19.8 Å². The molecule has 1 saturated heterocycles. The minimum atomic E-state index is 0.133. The Kier molecular flexibility index (Phi) is 8.31. The fourth-order valence-corrected chi connectivity index (χ4v) is 4.52. The summed E-state index contributed by atoms with van der Waals surface area (Å²) in [6, 6.07) is 10.0. The van der Waals surface area contributed by atoms with E-state index in [1.54, 1.807) is 25.6 Å². The van der Waals surface area contributed by atoms with E-state index in [1.165, 1.54) is 30.2 Å². The molecule has 2 aromatic rings. The van der Waals surface area contributed by atoms with Crippen molar-refractivity contribution in [1.29, 1.82) is 0 Å². The Morgan fingerprint density at radius 2 is 2.07 bits per heavy atom. The lowest BCUT2D eigenvalue weighted by Gasteiger charge is -2.34. The molecule has 2 heterocycles. The van der Waals surface area contributed by atoms with E-state index < -0.39 is 0 Å². The van der Waals surface area contributed by atoms with Crippen LogP contribution < -0.4 is 4.74 Å². The molecule has 156 valence electrons. The van der Waals surface area contributed by atoms with E-state index in [-0.39, 0.29) is 5.91 Å². The summed E-state index contributed by atoms with van der Waals surface area (Å²) in [5.41, 5.74) is 1.25. The van der Waals surface area contributed by atoms with Crippen LogP contribution in [-0.4, -0.2) is 71.8 Å². The molecule has 0 bridgehead atoms. The van der Waals surface area contributed by atoms with Crippen LogP contribution in [0.3, 0.4) is 0 Å². The second kappa shape index (κ2) is 11.2. The number of benzene rings is 1. The van der Waals surface area contributed by atoms with Gasteiger partial charge in [0, 0.05) is 39.1 Å². The number of thioether (sulfide) groups is 1. The summed E-state index contributed by atoms with van der Waals surface area (Å²) in [5, 5.41) is 0.648. The highest BCUT2D eigenvalue weighted by Gasteiger charge is 2.23. The standard InChI is InChI=1S/C22H30N4O2S/c1-25(21(27)17-29-22-23-11-6-12-24-22)15-18-7-5-13-26(16-18)14-10-19-8-3-4-9-20(19)28-2/h3-4,6,8-9,11-12,18H,5,7,10,13-17H2,1-2H3/t18-/m0/s1. The first-order valence-corrected chi connectivity index (χ1v) is 11.1. The number of carbonyl (C=O) groups excluding carboxylic acids is 1. The molecule has 3 rings (SSSR count). The molecule has 0 spiro atoms. The predicted octanol–water partition coefficient (Wildman–Crippen LogP) is 2.99. The maximum Gasteiger partial charge on any atom is 0.232 e. The molecule has 0 N–H and O–H groups in total. The van der Waals surface area contributed by atoms with E-state index in [0.29, 0.717) is 16.8 Å². The molecule has 1 atom stereocenters. The first-order valence-electron chi connectivity index (χ1n) is 10.1. The van der Waals surface area contributed by atoms with Crippen molar-refractivity contribution in [2.45, 2.75) is 24.4 Å². The van der Waals surface area contributed by atoms with Crippen LogP contribution in [0, 0.1) is 5.92 Å². The second-order valence-electron chi connectivity index (χ2n) is 7.47. The zero-order chi connectivity index (χ0) is 20.5. The van der Waals surface area contributed by atoms with Crippen LogP contribution in [0.2, 0.25) is 0 Å². The quantitative estimate of drug-likeness (QED) is 0.464. The minimum absolute atomic E-state index is 0.133. The van der Waals surface area contributed by atoms with Gasteiger partial charge in [0.25, 0.3) is 0 Å². The Balaban J connectivity index is 1.43. The molecule has 1 aromatic carbocycles. The third kappa shape index (κ3) is 6.72. The predicted molar refractivity (Wildman–Crippen MR) is 116 cm³/mol. The van der Waals surface area contributed by atoms with E-state index in [0.717, 1.165) is 38.3 Å². The highest BCUT2D eigenvalue weighted by atomic mass is 32.2. The van der Waals surface area contributed by atoms with E-state index in [1.807, 2.05) is 24.1 Å². The van der Waals surface area contributed by atoms with Gasteiger partial charge >= 0.3 is 0 Å². The van der Waals surface area contributed by atoms with Crippen molar-refractivity contribution >= 4 is 17.7 Å². The lowest BCUT2D eigenvalue weighted by molar-refractivity contribution is -0.127. The van der Waals surface area contributed by atoms with Crippen LogP contribution in [0.4, 0.5) is 0 Å². The first kappa shape index (κ1) is 21.6. The summed E-state index contributed by atoms with van der Waals surface area (Å²) in [4.78, 5) is 25.2. The number of methoxy groups -OCH3 is 1. The first-order chi connectivity index (χ1) is 14.2. The highest BCUT2D eigenvalue weighted by Crippen LogP contribution is 2.21. The number of ether oxygens (including phenoxy) is 1. The number of hydrogen-bond donors (Lipinski definition) is 0. The van der Waals surface area contributed by atoms with Crippen LogP contribution in [0.15, 0.2) is 47.9 Å². The van der Waals surface area contributed by atoms with E-state index in [2.05, 4.69) is 27.0 Å². The van der Waals surface area contributed by atoms with Crippen molar-refractivity contribution in [2.75, 3.05) is 46.1 Å². The Morgan fingerprint density at radius 1 is 1.28 bits per heavy atom. The molecular formula is C22H30N4O2S. The fourth-order valence-electron chi connectivity index (χ4n) is 3.78. The van der Waals surface area contributed by atoms with Gasteiger partial charge in [-0.1, -0.05) is 30.0 Å². The number of carbonyl (C=O) groups is 1. The number of rotatable bonds is 9. The van der Waals surface area contributed by atoms with Gasteiger partial charge < -0.3 is 14.5 Å². The Labute approximate surface area is 177 Å². The van der Waals surface area contributed by atoms with Gasteiger partial charge in [0.2, 0.25) is 5.91 Å². The topological polar surface area (TPSA) is 58.6 Å². The Bertz CT molecular complexity index is 774. The monoisotopic (exact) mass is 414 g/mol.